The Hall–Kier alpha value is -1.90. The van der Waals surface area contributed by atoms with Crippen LogP contribution in [-0.4, -0.2) is 4.57 Å². The molecule has 0 aliphatic rings. The summed E-state index contributed by atoms with van der Waals surface area (Å²) in [4.78, 5) is 12.3. The molecule has 2 rings (SSSR count). The van der Waals surface area contributed by atoms with Gasteiger partial charge in [-0.15, -0.1) is 0 Å². The molecule has 0 atom stereocenters. The van der Waals surface area contributed by atoms with E-state index in [1.54, 1.807) is 36.5 Å². The summed E-state index contributed by atoms with van der Waals surface area (Å²) >= 11 is 0. The zero-order valence-corrected chi connectivity index (χ0v) is 10.6. The lowest BCUT2D eigenvalue weighted by atomic mass is 10.0. The Morgan fingerprint density at radius 1 is 1.17 bits per heavy atom. The first-order valence-electron chi connectivity index (χ1n) is 6.05. The second-order valence-corrected chi connectivity index (χ2v) is 4.76. The summed E-state index contributed by atoms with van der Waals surface area (Å²) in [5, 5.41) is 0. The number of pyridine rings is 1. The van der Waals surface area contributed by atoms with Crippen molar-refractivity contribution in [2.45, 2.75) is 20.3 Å². The minimum absolute atomic E-state index is 0.142. The highest BCUT2D eigenvalue weighted by Gasteiger charge is 2.09. The molecule has 0 amide bonds. The van der Waals surface area contributed by atoms with Crippen LogP contribution in [0.25, 0.3) is 5.69 Å². The number of benzene rings is 1. The molecule has 18 heavy (non-hydrogen) atoms. The lowest BCUT2D eigenvalue weighted by Gasteiger charge is -2.10. The first kappa shape index (κ1) is 12.6. The van der Waals surface area contributed by atoms with Gasteiger partial charge in [0.15, 0.2) is 0 Å². The maximum absolute atomic E-state index is 13.7. The second kappa shape index (κ2) is 5.17. The maximum Gasteiger partial charge on any atom is 0.258 e. The third kappa shape index (κ3) is 2.50. The van der Waals surface area contributed by atoms with Crippen LogP contribution in [0.4, 0.5) is 4.39 Å². The van der Waals surface area contributed by atoms with Gasteiger partial charge >= 0.3 is 0 Å². The number of nitrogens with zero attached hydrogens (tertiary/aromatic N) is 1. The fraction of sp³-hybridized carbons (Fsp3) is 0.267. The Morgan fingerprint density at radius 2 is 1.89 bits per heavy atom. The smallest absolute Gasteiger partial charge is 0.258 e. The van der Waals surface area contributed by atoms with Crippen LogP contribution in [0.5, 0.6) is 0 Å². The normalized spacial score (nSPS) is 10.9. The topological polar surface area (TPSA) is 22.0 Å². The van der Waals surface area contributed by atoms with E-state index in [-0.39, 0.29) is 11.4 Å². The van der Waals surface area contributed by atoms with Crippen LogP contribution >= 0.6 is 0 Å². The molecular formula is C15H16FNO. The molecule has 0 bridgehead atoms. The van der Waals surface area contributed by atoms with Crippen molar-refractivity contribution >= 4 is 0 Å². The van der Waals surface area contributed by atoms with Gasteiger partial charge < -0.3 is 0 Å². The molecule has 94 valence electrons. The fourth-order valence-corrected chi connectivity index (χ4v) is 1.97. The first-order valence-corrected chi connectivity index (χ1v) is 6.05. The van der Waals surface area contributed by atoms with Crippen molar-refractivity contribution in [2.75, 3.05) is 0 Å². The number of para-hydroxylation sites is 1. The Bertz CT molecular complexity index is 601. The number of halogens is 1. The minimum Gasteiger partial charge on any atom is -0.281 e. The summed E-state index contributed by atoms with van der Waals surface area (Å²) in [6.07, 6.45) is 2.30. The van der Waals surface area contributed by atoms with Crippen LogP contribution in [0.3, 0.4) is 0 Å². The highest BCUT2D eigenvalue weighted by molar-refractivity contribution is 5.34. The van der Waals surface area contributed by atoms with Crippen molar-refractivity contribution in [3.8, 4) is 5.69 Å². The van der Waals surface area contributed by atoms with E-state index in [9.17, 15) is 9.18 Å². The Labute approximate surface area is 106 Å². The molecule has 2 aromatic rings. The summed E-state index contributed by atoms with van der Waals surface area (Å²) in [5.74, 6) is 0.00969. The lowest BCUT2D eigenvalue weighted by molar-refractivity contribution is 0.612. The molecule has 0 aliphatic heterocycles. The van der Waals surface area contributed by atoms with Gasteiger partial charge in [0.1, 0.15) is 5.82 Å². The molecule has 0 radical (unpaired) electrons. The van der Waals surface area contributed by atoms with Gasteiger partial charge in [0, 0.05) is 11.8 Å². The molecule has 0 unspecified atom stereocenters. The summed E-state index contributed by atoms with van der Waals surface area (Å²) < 4.78 is 15.1. The van der Waals surface area contributed by atoms with Crippen molar-refractivity contribution in [1.82, 2.24) is 4.57 Å². The SMILES string of the molecule is CC(C)Cc1cccn(-c2ccccc2F)c1=O. The Morgan fingerprint density at radius 3 is 2.56 bits per heavy atom. The molecule has 1 aromatic heterocycles. The second-order valence-electron chi connectivity index (χ2n) is 4.76. The molecule has 1 heterocycles. The van der Waals surface area contributed by atoms with Crippen molar-refractivity contribution in [1.29, 1.82) is 0 Å². The molecule has 2 nitrogen and oxygen atoms in total. The molecule has 0 saturated heterocycles. The molecular weight excluding hydrogens is 229 g/mol. The predicted octanol–water partition coefficient (Wildman–Crippen LogP) is 3.18. The third-order valence-corrected chi connectivity index (χ3v) is 2.77. The molecule has 0 aliphatic carbocycles. The van der Waals surface area contributed by atoms with Crippen molar-refractivity contribution in [2.24, 2.45) is 5.92 Å². The average molecular weight is 245 g/mol. The Kier molecular flexibility index (Phi) is 3.60. The van der Waals surface area contributed by atoms with Crippen LogP contribution < -0.4 is 5.56 Å². The third-order valence-electron chi connectivity index (χ3n) is 2.77. The van der Waals surface area contributed by atoms with Crippen LogP contribution in [0, 0.1) is 11.7 Å². The van der Waals surface area contributed by atoms with E-state index in [0.717, 1.165) is 5.56 Å². The summed E-state index contributed by atoms with van der Waals surface area (Å²) in [7, 11) is 0. The highest BCUT2D eigenvalue weighted by atomic mass is 19.1. The molecule has 0 spiro atoms. The molecule has 1 aromatic carbocycles. The van der Waals surface area contributed by atoms with E-state index in [1.807, 2.05) is 0 Å². The van der Waals surface area contributed by atoms with Gasteiger partial charge in [-0.05, 0) is 30.5 Å². The minimum atomic E-state index is -0.388. The van der Waals surface area contributed by atoms with Gasteiger partial charge in [-0.1, -0.05) is 32.0 Å². The van der Waals surface area contributed by atoms with E-state index in [2.05, 4.69) is 13.8 Å². The number of hydrogen-bond acceptors (Lipinski definition) is 1. The number of rotatable bonds is 3. The van der Waals surface area contributed by atoms with Crippen LogP contribution in [0.2, 0.25) is 0 Å². The fourth-order valence-electron chi connectivity index (χ4n) is 1.97. The zero-order valence-electron chi connectivity index (χ0n) is 10.6. The molecule has 0 saturated carbocycles. The van der Waals surface area contributed by atoms with Crippen LogP contribution in [-0.2, 0) is 6.42 Å². The number of hydrogen-bond donors (Lipinski definition) is 0. The van der Waals surface area contributed by atoms with Gasteiger partial charge in [-0.2, -0.15) is 0 Å². The molecule has 3 heteroatoms. The average Bonchev–Trinajstić information content (AvgIpc) is 2.32. The summed E-state index contributed by atoms with van der Waals surface area (Å²) in [6.45, 7) is 4.11. The molecule has 0 N–H and O–H groups in total. The predicted molar refractivity (Wildman–Crippen MR) is 70.5 cm³/mol. The zero-order chi connectivity index (χ0) is 13.1. The van der Waals surface area contributed by atoms with E-state index < -0.39 is 0 Å². The van der Waals surface area contributed by atoms with Crippen molar-refractivity contribution in [3.63, 3.8) is 0 Å². The van der Waals surface area contributed by atoms with Gasteiger partial charge in [-0.25, -0.2) is 4.39 Å². The van der Waals surface area contributed by atoms with Crippen LogP contribution in [0.1, 0.15) is 19.4 Å². The maximum atomic E-state index is 13.7. The van der Waals surface area contributed by atoms with E-state index >= 15 is 0 Å². The van der Waals surface area contributed by atoms with E-state index in [4.69, 9.17) is 0 Å². The van der Waals surface area contributed by atoms with Gasteiger partial charge in [0.2, 0.25) is 0 Å². The Balaban J connectivity index is 2.53. The van der Waals surface area contributed by atoms with Crippen molar-refractivity contribution < 1.29 is 4.39 Å². The van der Waals surface area contributed by atoms with Crippen LogP contribution in [0.15, 0.2) is 47.4 Å². The van der Waals surface area contributed by atoms with Gasteiger partial charge in [0.05, 0.1) is 5.69 Å². The van der Waals surface area contributed by atoms with Gasteiger partial charge in [0.25, 0.3) is 5.56 Å². The largest absolute Gasteiger partial charge is 0.281 e. The van der Waals surface area contributed by atoms with E-state index in [0.29, 0.717) is 18.0 Å². The van der Waals surface area contributed by atoms with Crippen molar-refractivity contribution in [3.05, 3.63) is 64.3 Å². The number of aromatic nitrogens is 1. The van der Waals surface area contributed by atoms with Gasteiger partial charge in [-0.3, -0.25) is 9.36 Å². The van der Waals surface area contributed by atoms with E-state index in [1.165, 1.54) is 10.6 Å². The summed E-state index contributed by atoms with van der Waals surface area (Å²) in [5.41, 5.74) is 0.875. The lowest BCUT2D eigenvalue weighted by Crippen LogP contribution is -2.23. The summed E-state index contributed by atoms with van der Waals surface area (Å²) in [6, 6.07) is 9.89. The quantitative estimate of drug-likeness (QED) is 0.814. The monoisotopic (exact) mass is 245 g/mol. The standard InChI is InChI=1S/C15H16FNO/c1-11(2)10-12-6-5-9-17(15(12)18)14-8-4-3-7-13(14)16/h3-9,11H,10H2,1-2H3. The first-order chi connectivity index (χ1) is 8.59. The highest BCUT2D eigenvalue weighted by Crippen LogP contribution is 2.11. The molecule has 0 fully saturated rings.